The zero-order chi connectivity index (χ0) is 21.4. The van der Waals surface area contributed by atoms with Gasteiger partial charge in [0, 0.05) is 60.7 Å². The summed E-state index contributed by atoms with van der Waals surface area (Å²) in [5, 5.41) is 0.964. The molecule has 4 rings (SSSR count). The molecule has 7 nitrogen and oxygen atoms in total. The Labute approximate surface area is 176 Å². The molecule has 30 heavy (non-hydrogen) atoms. The molecule has 0 spiro atoms. The fourth-order valence-corrected chi connectivity index (χ4v) is 4.65. The molecule has 2 aliphatic rings. The number of amides is 2. The van der Waals surface area contributed by atoms with Crippen molar-refractivity contribution in [2.45, 2.75) is 39.7 Å². The van der Waals surface area contributed by atoms with Crippen LogP contribution in [0.15, 0.2) is 18.2 Å². The fraction of sp³-hybridized carbons (Fsp3) is 0.522. The first-order valence-corrected chi connectivity index (χ1v) is 10.7. The highest BCUT2D eigenvalue weighted by atomic mass is 16.5. The van der Waals surface area contributed by atoms with Crippen molar-refractivity contribution in [3.63, 3.8) is 0 Å². The summed E-state index contributed by atoms with van der Waals surface area (Å²) in [5.41, 5.74) is 3.66. The number of hydrogen-bond acceptors (Lipinski definition) is 4. The highest BCUT2D eigenvalue weighted by Crippen LogP contribution is 2.30. The maximum atomic E-state index is 13.3. The van der Waals surface area contributed by atoms with Crippen molar-refractivity contribution in [2.75, 3.05) is 26.7 Å². The summed E-state index contributed by atoms with van der Waals surface area (Å²) in [7, 11) is 1.37. The van der Waals surface area contributed by atoms with Crippen molar-refractivity contribution >= 4 is 28.7 Å². The van der Waals surface area contributed by atoms with E-state index in [4.69, 9.17) is 4.74 Å². The van der Waals surface area contributed by atoms with E-state index in [0.29, 0.717) is 25.2 Å². The predicted molar refractivity (Wildman–Crippen MR) is 113 cm³/mol. The second-order valence-electron chi connectivity index (χ2n) is 8.62. The maximum Gasteiger partial charge on any atom is 0.337 e. The number of nitrogens with one attached hydrogen (secondary N) is 1. The molecule has 160 valence electrons. The summed E-state index contributed by atoms with van der Waals surface area (Å²) in [6, 6.07) is 5.48. The van der Waals surface area contributed by atoms with Crippen molar-refractivity contribution in [2.24, 2.45) is 11.8 Å². The average Bonchev–Trinajstić information content (AvgIpc) is 3.14. The summed E-state index contributed by atoms with van der Waals surface area (Å²) in [6.45, 7) is 6.24. The topological polar surface area (TPSA) is 82.7 Å². The van der Waals surface area contributed by atoms with Gasteiger partial charge in [-0.1, -0.05) is 13.8 Å². The molecule has 1 N–H and O–H groups in total. The second-order valence-corrected chi connectivity index (χ2v) is 8.62. The number of esters is 1. The van der Waals surface area contributed by atoms with Gasteiger partial charge < -0.3 is 19.5 Å². The number of rotatable bonds is 3. The van der Waals surface area contributed by atoms with Crippen LogP contribution in [0.3, 0.4) is 0 Å². The van der Waals surface area contributed by atoms with E-state index in [1.807, 2.05) is 35.8 Å². The first-order chi connectivity index (χ1) is 14.4. The molecule has 2 aliphatic heterocycles. The van der Waals surface area contributed by atoms with E-state index in [2.05, 4.69) is 4.98 Å². The molecule has 0 bridgehead atoms. The van der Waals surface area contributed by atoms with Crippen LogP contribution in [0.5, 0.6) is 0 Å². The molecule has 2 aromatic rings. The normalized spacial score (nSPS) is 19.1. The third-order valence-corrected chi connectivity index (χ3v) is 6.28. The van der Waals surface area contributed by atoms with Gasteiger partial charge in [-0.05, 0) is 31.0 Å². The molecule has 1 atom stereocenters. The van der Waals surface area contributed by atoms with Crippen LogP contribution < -0.4 is 0 Å². The lowest BCUT2D eigenvalue weighted by Gasteiger charge is -2.37. The summed E-state index contributed by atoms with van der Waals surface area (Å²) >= 11 is 0. The van der Waals surface area contributed by atoms with Crippen molar-refractivity contribution in [1.82, 2.24) is 14.8 Å². The SMILES string of the molecule is COC(=O)c1ccc2[nH]c3c(c2c1)CN(C(=O)C1CCCN(C(=O)C(C)C)C1)CC3. The molecule has 1 saturated heterocycles. The van der Waals surface area contributed by atoms with Crippen LogP contribution in [0.1, 0.15) is 48.3 Å². The lowest BCUT2D eigenvalue weighted by molar-refractivity contribution is -0.142. The van der Waals surface area contributed by atoms with E-state index < -0.39 is 0 Å². The van der Waals surface area contributed by atoms with Gasteiger partial charge in [0.15, 0.2) is 0 Å². The Morgan fingerprint density at radius 3 is 2.70 bits per heavy atom. The molecule has 1 aromatic carbocycles. The van der Waals surface area contributed by atoms with Crippen molar-refractivity contribution < 1.29 is 19.1 Å². The van der Waals surface area contributed by atoms with Gasteiger partial charge >= 0.3 is 5.97 Å². The smallest absolute Gasteiger partial charge is 0.337 e. The van der Waals surface area contributed by atoms with E-state index in [9.17, 15) is 14.4 Å². The predicted octanol–water partition coefficient (Wildman–Crippen LogP) is 2.73. The molecular formula is C23H29N3O4. The van der Waals surface area contributed by atoms with Crippen LogP contribution >= 0.6 is 0 Å². The van der Waals surface area contributed by atoms with Crippen LogP contribution in [0.4, 0.5) is 0 Å². The molecule has 1 aromatic heterocycles. The number of hydrogen-bond donors (Lipinski definition) is 1. The van der Waals surface area contributed by atoms with Crippen LogP contribution in [0, 0.1) is 11.8 Å². The lowest BCUT2D eigenvalue weighted by Crippen LogP contribution is -2.48. The van der Waals surface area contributed by atoms with Gasteiger partial charge in [-0.3, -0.25) is 9.59 Å². The molecule has 0 saturated carbocycles. The maximum absolute atomic E-state index is 13.3. The van der Waals surface area contributed by atoms with Gasteiger partial charge in [0.05, 0.1) is 18.6 Å². The lowest BCUT2D eigenvalue weighted by atomic mass is 9.94. The number of likely N-dealkylation sites (tertiary alicyclic amines) is 1. The zero-order valence-corrected chi connectivity index (χ0v) is 17.9. The molecule has 1 fully saturated rings. The average molecular weight is 412 g/mol. The van der Waals surface area contributed by atoms with Gasteiger partial charge in [-0.15, -0.1) is 0 Å². The third kappa shape index (κ3) is 3.68. The number of nitrogens with zero attached hydrogens (tertiary/aromatic N) is 2. The number of methoxy groups -OCH3 is 1. The summed E-state index contributed by atoms with van der Waals surface area (Å²) < 4.78 is 4.84. The Morgan fingerprint density at radius 2 is 1.97 bits per heavy atom. The van der Waals surface area contributed by atoms with Crippen molar-refractivity contribution in [1.29, 1.82) is 0 Å². The Hall–Kier alpha value is -2.83. The highest BCUT2D eigenvalue weighted by Gasteiger charge is 2.33. The minimum absolute atomic E-state index is 0.0494. The number of piperidine rings is 1. The van der Waals surface area contributed by atoms with Crippen molar-refractivity contribution in [3.05, 3.63) is 35.0 Å². The Morgan fingerprint density at radius 1 is 1.17 bits per heavy atom. The van der Waals surface area contributed by atoms with Crippen molar-refractivity contribution in [3.8, 4) is 0 Å². The minimum Gasteiger partial charge on any atom is -0.465 e. The minimum atomic E-state index is -0.368. The number of H-pyrrole nitrogens is 1. The van der Waals surface area contributed by atoms with Crippen LogP contribution in [-0.2, 0) is 27.3 Å². The summed E-state index contributed by atoms with van der Waals surface area (Å²) in [5.74, 6) is -0.307. The Balaban J connectivity index is 1.54. The summed E-state index contributed by atoms with van der Waals surface area (Å²) in [4.78, 5) is 44.8. The molecule has 0 radical (unpaired) electrons. The number of benzene rings is 1. The molecule has 1 unspecified atom stereocenters. The first kappa shape index (κ1) is 20.4. The zero-order valence-electron chi connectivity index (χ0n) is 17.9. The number of aromatic nitrogens is 1. The number of fused-ring (bicyclic) bond motifs is 3. The van der Waals surface area contributed by atoms with E-state index in [1.54, 1.807) is 6.07 Å². The van der Waals surface area contributed by atoms with Crippen LogP contribution in [0.25, 0.3) is 10.9 Å². The monoisotopic (exact) mass is 411 g/mol. The molecule has 2 amide bonds. The van der Waals surface area contributed by atoms with Crippen LogP contribution in [-0.4, -0.2) is 59.3 Å². The van der Waals surface area contributed by atoms with Gasteiger partial charge in [0.25, 0.3) is 0 Å². The number of ether oxygens (including phenoxy) is 1. The number of carbonyl (C=O) groups is 3. The Bertz CT molecular complexity index is 994. The molecule has 7 heteroatoms. The first-order valence-electron chi connectivity index (χ1n) is 10.7. The van der Waals surface area contributed by atoms with E-state index in [0.717, 1.165) is 48.0 Å². The molecule has 0 aliphatic carbocycles. The second kappa shape index (κ2) is 8.13. The van der Waals surface area contributed by atoms with E-state index in [1.165, 1.54) is 7.11 Å². The van der Waals surface area contributed by atoms with Gasteiger partial charge in [-0.25, -0.2) is 4.79 Å². The molecular weight excluding hydrogens is 382 g/mol. The molecule has 3 heterocycles. The summed E-state index contributed by atoms with van der Waals surface area (Å²) in [6.07, 6.45) is 2.44. The fourth-order valence-electron chi connectivity index (χ4n) is 4.65. The standard InChI is InChI=1S/C23H29N3O4/c1-14(2)21(27)25-9-4-5-16(12-25)22(28)26-10-8-20-18(13-26)17-11-15(23(29)30-3)6-7-19(17)24-20/h6-7,11,14,16,24H,4-5,8-10,12-13H2,1-3H3. The van der Waals surface area contributed by atoms with Gasteiger partial charge in [-0.2, -0.15) is 0 Å². The highest BCUT2D eigenvalue weighted by molar-refractivity contribution is 5.96. The largest absolute Gasteiger partial charge is 0.465 e. The van der Waals surface area contributed by atoms with E-state index in [-0.39, 0.29) is 29.6 Å². The number of aromatic amines is 1. The Kier molecular flexibility index (Phi) is 5.54. The van der Waals surface area contributed by atoms with Gasteiger partial charge in [0.1, 0.15) is 0 Å². The number of carbonyl (C=O) groups excluding carboxylic acids is 3. The third-order valence-electron chi connectivity index (χ3n) is 6.28. The van der Waals surface area contributed by atoms with Crippen LogP contribution in [0.2, 0.25) is 0 Å². The van der Waals surface area contributed by atoms with Gasteiger partial charge in [0.2, 0.25) is 11.8 Å². The van der Waals surface area contributed by atoms with E-state index >= 15 is 0 Å². The quantitative estimate of drug-likeness (QED) is 0.788.